The summed E-state index contributed by atoms with van der Waals surface area (Å²) in [6, 6.07) is 99.9. The topological polar surface area (TPSA) is 48.5 Å². The summed E-state index contributed by atoms with van der Waals surface area (Å²) in [5.74, 6) is 1.91. The molecular weight excluding hydrogens is 1040 g/mol. The van der Waals surface area contributed by atoms with Crippen LogP contribution in [0.1, 0.15) is 49.9 Å². The quantitative estimate of drug-likeness (QED) is 0.152. The standard InChI is InChI=1S/C81H57N5/c1-80(2)67-29-11-13-33-73(67)85-71-41-39-58(48-65(71)63-27-17-31-69(80)75(63)85)54-23-15-25-56(43-54)61-45-60(50-35-37-53(38-36-50)79-83-77(51-19-7-5-8-20-51)82-78(84-79)52-21-9-6-10-22-52)46-62(47-61)57-26-16-24-55(44-57)59-40-42-72-66(49-59)64-28-18-32-70-76(64)86(72)74-34-14-12-30-68(74)81(70,3)4/h5-49H,1-4H3. The van der Waals surface area contributed by atoms with Gasteiger partial charge in [0.2, 0.25) is 0 Å². The van der Waals surface area contributed by atoms with Crippen molar-refractivity contribution in [3.63, 3.8) is 0 Å². The van der Waals surface area contributed by atoms with E-state index in [0.29, 0.717) is 17.5 Å². The number of aromatic nitrogens is 5. The van der Waals surface area contributed by atoms with Crippen LogP contribution < -0.4 is 0 Å². The summed E-state index contributed by atoms with van der Waals surface area (Å²) in [4.78, 5) is 15.1. The normalized spacial score (nSPS) is 13.5. The number of rotatable bonds is 8. The summed E-state index contributed by atoms with van der Waals surface area (Å²) < 4.78 is 4.99. The maximum absolute atomic E-state index is 5.07. The van der Waals surface area contributed by atoms with Gasteiger partial charge in [-0.1, -0.05) is 234 Å². The first-order valence-electron chi connectivity index (χ1n) is 29.8. The predicted molar refractivity (Wildman–Crippen MR) is 356 cm³/mol. The molecule has 0 fully saturated rings. The number of fused-ring (bicyclic) bond motifs is 10. The predicted octanol–water partition coefficient (Wildman–Crippen LogP) is 20.7. The fourth-order valence-corrected chi connectivity index (χ4v) is 14.3. The van der Waals surface area contributed by atoms with Gasteiger partial charge in [-0.25, -0.2) is 15.0 Å². The monoisotopic (exact) mass is 1100 g/mol. The fraction of sp³-hybridized carbons (Fsp3) is 0.0741. The van der Waals surface area contributed by atoms with E-state index in [0.717, 1.165) is 50.1 Å². The molecule has 15 aromatic rings. The van der Waals surface area contributed by atoms with Gasteiger partial charge < -0.3 is 9.13 Å². The summed E-state index contributed by atoms with van der Waals surface area (Å²) in [6.07, 6.45) is 0. The van der Waals surface area contributed by atoms with E-state index in [9.17, 15) is 0 Å². The van der Waals surface area contributed by atoms with Crippen LogP contribution in [0.3, 0.4) is 0 Å². The van der Waals surface area contributed by atoms with Crippen LogP contribution in [0.2, 0.25) is 0 Å². The molecule has 5 heteroatoms. The summed E-state index contributed by atoms with van der Waals surface area (Å²) >= 11 is 0. The van der Waals surface area contributed by atoms with Gasteiger partial charge in [0.25, 0.3) is 0 Å². The Hall–Kier alpha value is -10.8. The first-order chi connectivity index (χ1) is 42.1. The van der Waals surface area contributed by atoms with Crippen LogP contribution in [-0.4, -0.2) is 24.1 Å². The number of hydrogen-bond acceptors (Lipinski definition) is 3. The van der Waals surface area contributed by atoms with Crippen LogP contribution in [0.15, 0.2) is 273 Å². The summed E-state index contributed by atoms with van der Waals surface area (Å²) in [5.41, 5.74) is 27.0. The Kier molecular flexibility index (Phi) is 10.9. The zero-order valence-electron chi connectivity index (χ0n) is 48.2. The summed E-state index contributed by atoms with van der Waals surface area (Å²) in [5, 5.41) is 5.09. The second-order valence-electron chi connectivity index (χ2n) is 24.4. The molecule has 3 aromatic heterocycles. The Morgan fingerprint density at radius 1 is 0.233 bits per heavy atom. The van der Waals surface area contributed by atoms with Crippen LogP contribution in [0.5, 0.6) is 0 Å². The zero-order chi connectivity index (χ0) is 57.4. The van der Waals surface area contributed by atoms with Crippen LogP contribution in [-0.2, 0) is 10.8 Å². The maximum Gasteiger partial charge on any atom is 0.164 e. The van der Waals surface area contributed by atoms with Crippen LogP contribution in [0.4, 0.5) is 0 Å². The van der Waals surface area contributed by atoms with Gasteiger partial charge in [0.1, 0.15) is 0 Å². The summed E-state index contributed by atoms with van der Waals surface area (Å²) in [7, 11) is 0. The molecule has 0 unspecified atom stereocenters. The van der Waals surface area contributed by atoms with Crippen molar-refractivity contribution in [1.82, 2.24) is 24.1 Å². The van der Waals surface area contributed by atoms with E-state index < -0.39 is 0 Å². The van der Waals surface area contributed by atoms with Crippen molar-refractivity contribution in [2.24, 2.45) is 0 Å². The molecule has 12 aromatic carbocycles. The molecule has 406 valence electrons. The average molecular weight is 1100 g/mol. The van der Waals surface area contributed by atoms with E-state index >= 15 is 0 Å². The van der Waals surface area contributed by atoms with Gasteiger partial charge in [-0.05, 0) is 145 Å². The minimum absolute atomic E-state index is 0.125. The first kappa shape index (κ1) is 49.8. The molecule has 5 heterocycles. The lowest BCUT2D eigenvalue weighted by atomic mass is 9.75. The third-order valence-electron chi connectivity index (χ3n) is 18.7. The third kappa shape index (κ3) is 7.67. The Bertz CT molecular complexity index is 4970. The van der Waals surface area contributed by atoms with Crippen molar-refractivity contribution < 1.29 is 0 Å². The fourth-order valence-electron chi connectivity index (χ4n) is 14.3. The van der Waals surface area contributed by atoms with Crippen molar-refractivity contribution in [2.75, 3.05) is 0 Å². The van der Waals surface area contributed by atoms with E-state index in [1.54, 1.807) is 0 Å². The van der Waals surface area contributed by atoms with Crippen molar-refractivity contribution in [3.05, 3.63) is 295 Å². The zero-order valence-corrected chi connectivity index (χ0v) is 48.2. The Morgan fingerprint density at radius 2 is 0.535 bits per heavy atom. The molecule has 0 radical (unpaired) electrons. The van der Waals surface area contributed by atoms with Gasteiger partial charge in [0.15, 0.2) is 17.5 Å². The molecule has 0 spiro atoms. The highest BCUT2D eigenvalue weighted by Gasteiger charge is 2.36. The summed E-state index contributed by atoms with van der Waals surface area (Å²) in [6.45, 7) is 9.45. The smallest absolute Gasteiger partial charge is 0.164 e. The lowest BCUT2D eigenvalue weighted by molar-refractivity contribution is 0.630. The third-order valence-corrected chi connectivity index (χ3v) is 18.7. The average Bonchev–Trinajstić information content (AvgIpc) is 1.63. The lowest BCUT2D eigenvalue weighted by Crippen LogP contribution is -2.26. The molecule has 0 amide bonds. The van der Waals surface area contributed by atoms with Crippen molar-refractivity contribution >= 4 is 43.6 Å². The second-order valence-corrected chi connectivity index (χ2v) is 24.4. The molecule has 0 bridgehead atoms. The molecular formula is C81H57N5. The number of nitrogens with zero attached hydrogens (tertiary/aromatic N) is 5. The van der Waals surface area contributed by atoms with Crippen molar-refractivity contribution in [3.8, 4) is 101 Å². The van der Waals surface area contributed by atoms with E-state index in [1.807, 2.05) is 60.7 Å². The Morgan fingerprint density at radius 3 is 0.977 bits per heavy atom. The van der Waals surface area contributed by atoms with Crippen LogP contribution >= 0.6 is 0 Å². The molecule has 5 nitrogen and oxygen atoms in total. The lowest BCUT2D eigenvalue weighted by Gasteiger charge is -2.34. The van der Waals surface area contributed by atoms with Gasteiger partial charge in [0, 0.05) is 49.1 Å². The van der Waals surface area contributed by atoms with E-state index in [2.05, 4.69) is 249 Å². The van der Waals surface area contributed by atoms with Crippen molar-refractivity contribution in [2.45, 2.75) is 38.5 Å². The van der Waals surface area contributed by atoms with E-state index in [-0.39, 0.29) is 10.8 Å². The molecule has 0 aliphatic carbocycles. The SMILES string of the molecule is CC1(C)c2ccccc2-n2c3ccc(-c4cccc(-c5cc(-c6ccc(-c7nc(-c8ccccc8)nc(-c8ccccc8)n7)cc6)cc(-c6cccc(-c7ccc8c(c7)c7cccc9c7n8-c7ccccc7C9(C)C)c6)c5)c4)cc3c3cccc1c32. The maximum atomic E-state index is 5.07. The van der Waals surface area contributed by atoms with Crippen molar-refractivity contribution in [1.29, 1.82) is 0 Å². The number of hydrogen-bond donors (Lipinski definition) is 0. The Labute approximate surface area is 499 Å². The molecule has 0 atom stereocenters. The first-order valence-corrected chi connectivity index (χ1v) is 29.8. The van der Waals surface area contributed by atoms with Crippen LogP contribution in [0.25, 0.3) is 145 Å². The number of para-hydroxylation sites is 4. The highest BCUT2D eigenvalue weighted by atomic mass is 15.0. The Balaban J connectivity index is 0.793. The van der Waals surface area contributed by atoms with Gasteiger partial charge in [0.05, 0.1) is 33.4 Å². The minimum atomic E-state index is -0.125. The highest BCUT2D eigenvalue weighted by Crippen LogP contribution is 2.50. The molecule has 0 saturated carbocycles. The molecule has 86 heavy (non-hydrogen) atoms. The molecule has 17 rings (SSSR count). The second kappa shape index (κ2) is 18.9. The number of benzene rings is 12. The largest absolute Gasteiger partial charge is 0.309 e. The molecule has 2 aliphatic rings. The van der Waals surface area contributed by atoms with Crippen LogP contribution in [0, 0.1) is 0 Å². The van der Waals surface area contributed by atoms with Gasteiger partial charge in [-0.3, -0.25) is 0 Å². The van der Waals surface area contributed by atoms with Gasteiger partial charge in [-0.15, -0.1) is 0 Å². The minimum Gasteiger partial charge on any atom is -0.309 e. The molecule has 0 N–H and O–H groups in total. The van der Waals surface area contributed by atoms with E-state index in [1.165, 1.54) is 99.5 Å². The van der Waals surface area contributed by atoms with Gasteiger partial charge >= 0.3 is 0 Å². The van der Waals surface area contributed by atoms with E-state index in [4.69, 9.17) is 15.0 Å². The molecule has 0 saturated heterocycles. The molecule has 2 aliphatic heterocycles. The van der Waals surface area contributed by atoms with Gasteiger partial charge in [-0.2, -0.15) is 0 Å². The highest BCUT2D eigenvalue weighted by molar-refractivity contribution is 6.14.